The summed E-state index contributed by atoms with van der Waals surface area (Å²) >= 11 is 0. The molecule has 2 aromatic carbocycles. The lowest BCUT2D eigenvalue weighted by atomic mass is 9.90. The van der Waals surface area contributed by atoms with Gasteiger partial charge in [-0.05, 0) is 34.2 Å². The van der Waals surface area contributed by atoms with E-state index in [9.17, 15) is 0 Å². The van der Waals surface area contributed by atoms with Crippen LogP contribution < -0.4 is 0 Å². The molecule has 0 saturated carbocycles. The number of nitriles is 1. The van der Waals surface area contributed by atoms with E-state index in [2.05, 4.69) is 62.4 Å². The van der Waals surface area contributed by atoms with Crippen LogP contribution in [0.15, 0.2) is 48.5 Å². The first-order valence-corrected chi connectivity index (χ1v) is 6.27. The van der Waals surface area contributed by atoms with Crippen LogP contribution in [0.25, 0.3) is 11.1 Å². The van der Waals surface area contributed by atoms with Gasteiger partial charge in [0.2, 0.25) is 0 Å². The van der Waals surface area contributed by atoms with Gasteiger partial charge in [-0.2, -0.15) is 5.26 Å². The molecule has 0 unspecified atom stereocenters. The van der Waals surface area contributed by atoms with Gasteiger partial charge in [0.25, 0.3) is 0 Å². The van der Waals surface area contributed by atoms with Crippen LogP contribution in [0.1, 0.15) is 30.9 Å². The highest BCUT2D eigenvalue weighted by atomic mass is 14.2. The lowest BCUT2D eigenvalue weighted by Gasteiger charge is -2.14. The molecule has 0 amide bonds. The molecule has 0 fully saturated rings. The highest BCUT2D eigenvalue weighted by molar-refractivity contribution is 5.69. The average Bonchev–Trinajstić information content (AvgIpc) is 2.40. The third-order valence-electron chi connectivity index (χ3n) is 3.11. The molecule has 0 aliphatic heterocycles. The highest BCUT2D eigenvalue weighted by Crippen LogP contribution is 2.30. The van der Waals surface area contributed by atoms with Crippen molar-refractivity contribution in [2.75, 3.05) is 0 Å². The molecule has 0 aliphatic carbocycles. The maximum atomic E-state index is 8.81. The van der Waals surface area contributed by atoms with E-state index >= 15 is 0 Å². The topological polar surface area (TPSA) is 23.8 Å². The fourth-order valence-corrected chi connectivity index (χ4v) is 2.18. The first-order chi connectivity index (χ1) is 8.72. The minimum atomic E-state index is 0.470. The van der Waals surface area contributed by atoms with Crippen LogP contribution in [0.2, 0.25) is 0 Å². The molecule has 0 bridgehead atoms. The van der Waals surface area contributed by atoms with Gasteiger partial charge in [0.15, 0.2) is 0 Å². The molecule has 18 heavy (non-hydrogen) atoms. The van der Waals surface area contributed by atoms with Crippen LogP contribution >= 0.6 is 0 Å². The molecule has 0 N–H and O–H groups in total. The molecular weight excluding hydrogens is 218 g/mol. The summed E-state index contributed by atoms with van der Waals surface area (Å²) in [6.45, 7) is 4.40. The molecule has 1 nitrogen and oxygen atoms in total. The number of hydrogen-bond donors (Lipinski definition) is 0. The summed E-state index contributed by atoms with van der Waals surface area (Å²) in [5.74, 6) is 0.483. The van der Waals surface area contributed by atoms with Gasteiger partial charge in [0.05, 0.1) is 12.5 Å². The van der Waals surface area contributed by atoms with Crippen LogP contribution in [0.3, 0.4) is 0 Å². The second kappa shape index (κ2) is 5.51. The fraction of sp³-hybridized carbons (Fsp3) is 0.235. The van der Waals surface area contributed by atoms with E-state index in [0.717, 1.165) is 5.56 Å². The summed E-state index contributed by atoms with van der Waals surface area (Å²) in [7, 11) is 0. The van der Waals surface area contributed by atoms with Gasteiger partial charge >= 0.3 is 0 Å². The van der Waals surface area contributed by atoms with Crippen LogP contribution in [-0.2, 0) is 6.42 Å². The van der Waals surface area contributed by atoms with E-state index in [1.165, 1.54) is 16.7 Å². The molecular formula is C17H17N. The Morgan fingerprint density at radius 2 is 1.78 bits per heavy atom. The molecule has 2 aromatic rings. The second-order valence-corrected chi connectivity index (χ2v) is 4.78. The quantitative estimate of drug-likeness (QED) is 0.766. The predicted octanol–water partition coefficient (Wildman–Crippen LogP) is 4.54. The molecule has 0 radical (unpaired) electrons. The lowest BCUT2D eigenvalue weighted by molar-refractivity contribution is 0.868. The largest absolute Gasteiger partial charge is 0.198 e. The smallest absolute Gasteiger partial charge is 0.0669 e. The Kier molecular flexibility index (Phi) is 3.79. The maximum absolute atomic E-state index is 8.81. The standard InChI is InChI=1S/C17H17N/c1-13(2)16-9-8-14(10-11-18)12-17(16)15-6-4-3-5-7-15/h3-9,12-13H,10H2,1-2H3. The summed E-state index contributed by atoms with van der Waals surface area (Å²) < 4.78 is 0. The van der Waals surface area contributed by atoms with Crippen molar-refractivity contribution in [3.63, 3.8) is 0 Å². The van der Waals surface area contributed by atoms with Gasteiger partial charge in [-0.1, -0.05) is 56.3 Å². The SMILES string of the molecule is CC(C)c1ccc(CC#N)cc1-c1ccccc1. The van der Waals surface area contributed by atoms with Crippen molar-refractivity contribution in [3.05, 3.63) is 59.7 Å². The van der Waals surface area contributed by atoms with Crippen LogP contribution in [0.4, 0.5) is 0 Å². The molecule has 0 heterocycles. The number of benzene rings is 2. The summed E-state index contributed by atoms with van der Waals surface area (Å²) in [5.41, 5.74) is 4.89. The normalized spacial score (nSPS) is 10.3. The molecule has 0 atom stereocenters. The predicted molar refractivity (Wildman–Crippen MR) is 75.3 cm³/mol. The molecule has 2 rings (SSSR count). The fourth-order valence-electron chi connectivity index (χ4n) is 2.18. The summed E-state index contributed by atoms with van der Waals surface area (Å²) in [4.78, 5) is 0. The number of rotatable bonds is 3. The monoisotopic (exact) mass is 235 g/mol. The van der Waals surface area contributed by atoms with Crippen LogP contribution in [0, 0.1) is 11.3 Å². The number of hydrogen-bond acceptors (Lipinski definition) is 1. The van der Waals surface area contributed by atoms with E-state index in [-0.39, 0.29) is 0 Å². The zero-order valence-corrected chi connectivity index (χ0v) is 10.9. The molecule has 0 spiro atoms. The van der Waals surface area contributed by atoms with Crippen molar-refractivity contribution in [2.24, 2.45) is 0 Å². The lowest BCUT2D eigenvalue weighted by Crippen LogP contribution is -1.94. The van der Waals surface area contributed by atoms with Crippen molar-refractivity contribution in [3.8, 4) is 17.2 Å². The second-order valence-electron chi connectivity index (χ2n) is 4.78. The highest BCUT2D eigenvalue weighted by Gasteiger charge is 2.09. The Labute approximate surface area is 109 Å². The van der Waals surface area contributed by atoms with Gasteiger partial charge in [0, 0.05) is 0 Å². The first kappa shape index (κ1) is 12.4. The molecule has 90 valence electrons. The molecule has 0 aliphatic rings. The van der Waals surface area contributed by atoms with Crippen molar-refractivity contribution in [2.45, 2.75) is 26.2 Å². The van der Waals surface area contributed by atoms with Gasteiger partial charge < -0.3 is 0 Å². The summed E-state index contributed by atoms with van der Waals surface area (Å²) in [6.07, 6.45) is 0.470. The first-order valence-electron chi connectivity index (χ1n) is 6.27. The van der Waals surface area contributed by atoms with E-state index in [1.807, 2.05) is 6.07 Å². The third kappa shape index (κ3) is 2.60. The van der Waals surface area contributed by atoms with Gasteiger partial charge in [-0.3, -0.25) is 0 Å². The van der Waals surface area contributed by atoms with Crippen molar-refractivity contribution < 1.29 is 0 Å². The summed E-state index contributed by atoms with van der Waals surface area (Å²) in [6, 6.07) is 18.9. The van der Waals surface area contributed by atoms with Crippen molar-refractivity contribution >= 4 is 0 Å². The van der Waals surface area contributed by atoms with Gasteiger partial charge in [0.1, 0.15) is 0 Å². The summed E-state index contributed by atoms with van der Waals surface area (Å²) in [5, 5.41) is 8.81. The third-order valence-corrected chi connectivity index (χ3v) is 3.11. The van der Waals surface area contributed by atoms with E-state index in [0.29, 0.717) is 12.3 Å². The average molecular weight is 235 g/mol. The Morgan fingerprint density at radius 3 is 2.39 bits per heavy atom. The Hall–Kier alpha value is -2.07. The van der Waals surface area contributed by atoms with Crippen molar-refractivity contribution in [1.82, 2.24) is 0 Å². The molecule has 0 aromatic heterocycles. The Morgan fingerprint density at radius 1 is 1.06 bits per heavy atom. The Bertz CT molecular complexity index is 562. The van der Waals surface area contributed by atoms with Gasteiger partial charge in [-0.25, -0.2) is 0 Å². The minimum absolute atomic E-state index is 0.470. The molecule has 1 heteroatoms. The van der Waals surface area contributed by atoms with E-state index < -0.39 is 0 Å². The van der Waals surface area contributed by atoms with E-state index in [1.54, 1.807) is 0 Å². The Balaban J connectivity index is 2.55. The van der Waals surface area contributed by atoms with E-state index in [4.69, 9.17) is 5.26 Å². The minimum Gasteiger partial charge on any atom is -0.198 e. The van der Waals surface area contributed by atoms with Gasteiger partial charge in [-0.15, -0.1) is 0 Å². The zero-order chi connectivity index (χ0) is 13.0. The zero-order valence-electron chi connectivity index (χ0n) is 10.9. The maximum Gasteiger partial charge on any atom is 0.0669 e. The number of nitrogens with zero attached hydrogens (tertiary/aromatic N) is 1. The van der Waals surface area contributed by atoms with Crippen LogP contribution in [0.5, 0.6) is 0 Å². The molecule has 0 saturated heterocycles. The van der Waals surface area contributed by atoms with Crippen molar-refractivity contribution in [1.29, 1.82) is 5.26 Å². The van der Waals surface area contributed by atoms with Crippen LogP contribution in [-0.4, -0.2) is 0 Å².